The minimum atomic E-state index is -1.00. The average Bonchev–Trinajstić information content (AvgIpc) is 2.55. The zero-order valence-corrected chi connectivity index (χ0v) is 13.4. The number of aliphatic carboxylic acids is 2. The topological polar surface area (TPSA) is 83.8 Å². The predicted octanol–water partition coefficient (Wildman–Crippen LogP) is 3.39. The largest absolute Gasteiger partial charge is 0.497 e. The van der Waals surface area contributed by atoms with E-state index in [2.05, 4.69) is 0 Å². The van der Waals surface area contributed by atoms with E-state index < -0.39 is 17.9 Å². The Morgan fingerprint density at radius 2 is 1.38 bits per heavy atom. The first-order chi connectivity index (χ1) is 11.5. The Kier molecular flexibility index (Phi) is 5.95. The molecule has 0 fully saturated rings. The van der Waals surface area contributed by atoms with Crippen LogP contribution in [0, 0.1) is 5.92 Å². The third-order valence-electron chi connectivity index (χ3n) is 3.98. The van der Waals surface area contributed by atoms with Gasteiger partial charge in [0.1, 0.15) is 5.75 Å². The van der Waals surface area contributed by atoms with Crippen LogP contribution in [-0.4, -0.2) is 29.3 Å². The summed E-state index contributed by atoms with van der Waals surface area (Å²) in [7, 11) is 1.57. The highest BCUT2D eigenvalue weighted by Crippen LogP contribution is 2.36. The van der Waals surface area contributed by atoms with Crippen molar-refractivity contribution in [1.82, 2.24) is 0 Å². The van der Waals surface area contributed by atoms with Crippen molar-refractivity contribution in [3.05, 3.63) is 65.7 Å². The molecule has 1 atom stereocenters. The molecular formula is C19H20O5. The molecule has 0 aliphatic heterocycles. The van der Waals surface area contributed by atoms with E-state index in [0.717, 1.165) is 11.1 Å². The number of rotatable bonds is 8. The Morgan fingerprint density at radius 3 is 1.83 bits per heavy atom. The van der Waals surface area contributed by atoms with Crippen LogP contribution in [0.2, 0.25) is 0 Å². The lowest BCUT2D eigenvalue weighted by Gasteiger charge is -2.26. The second-order valence-corrected chi connectivity index (χ2v) is 5.62. The van der Waals surface area contributed by atoms with Crippen molar-refractivity contribution in [1.29, 1.82) is 0 Å². The van der Waals surface area contributed by atoms with Gasteiger partial charge in [0.05, 0.1) is 7.11 Å². The standard InChI is InChI=1S/C19H20O5/c1-24-16-9-7-14(8-10-16)19(13-5-3-2-4-6-13)15(11-17(20)21)12-18(22)23/h2-10,15,19H,11-12H2,1H3,(H,20,21)(H,22,23)/t19-/m1/s1. The Bertz CT molecular complexity index is 663. The van der Waals surface area contributed by atoms with Crippen molar-refractivity contribution in [2.24, 2.45) is 5.92 Å². The molecule has 2 rings (SSSR count). The van der Waals surface area contributed by atoms with Crippen molar-refractivity contribution in [2.75, 3.05) is 7.11 Å². The van der Waals surface area contributed by atoms with Crippen molar-refractivity contribution >= 4 is 11.9 Å². The molecule has 0 saturated carbocycles. The maximum atomic E-state index is 11.2. The highest BCUT2D eigenvalue weighted by Gasteiger charge is 2.29. The molecule has 2 aromatic carbocycles. The van der Waals surface area contributed by atoms with Crippen LogP contribution < -0.4 is 4.74 Å². The minimum absolute atomic E-state index is 0.210. The third kappa shape index (κ3) is 4.59. The number of carboxylic acids is 2. The van der Waals surface area contributed by atoms with Gasteiger partial charge in [-0.25, -0.2) is 0 Å². The molecule has 0 saturated heterocycles. The molecule has 126 valence electrons. The van der Waals surface area contributed by atoms with Gasteiger partial charge < -0.3 is 14.9 Å². The van der Waals surface area contributed by atoms with Crippen LogP contribution in [0.25, 0.3) is 0 Å². The Morgan fingerprint density at radius 1 is 0.875 bits per heavy atom. The van der Waals surface area contributed by atoms with Crippen LogP contribution in [-0.2, 0) is 9.59 Å². The van der Waals surface area contributed by atoms with Crippen molar-refractivity contribution in [2.45, 2.75) is 18.8 Å². The summed E-state index contributed by atoms with van der Waals surface area (Å²) in [5.74, 6) is -2.18. The zero-order chi connectivity index (χ0) is 17.5. The van der Waals surface area contributed by atoms with Gasteiger partial charge in [0, 0.05) is 18.8 Å². The van der Waals surface area contributed by atoms with Crippen LogP contribution >= 0.6 is 0 Å². The molecule has 0 aliphatic carbocycles. The predicted molar refractivity (Wildman–Crippen MR) is 89.3 cm³/mol. The zero-order valence-electron chi connectivity index (χ0n) is 13.4. The lowest BCUT2D eigenvalue weighted by atomic mass is 9.77. The monoisotopic (exact) mass is 328 g/mol. The smallest absolute Gasteiger partial charge is 0.303 e. The first-order valence-corrected chi connectivity index (χ1v) is 7.63. The highest BCUT2D eigenvalue weighted by molar-refractivity contribution is 5.71. The molecule has 5 heteroatoms. The summed E-state index contributed by atoms with van der Waals surface area (Å²) in [6.07, 6.45) is -0.421. The summed E-state index contributed by atoms with van der Waals surface area (Å²) in [6.45, 7) is 0. The number of hydrogen-bond donors (Lipinski definition) is 2. The van der Waals surface area contributed by atoms with Crippen LogP contribution in [0.15, 0.2) is 54.6 Å². The molecule has 0 radical (unpaired) electrons. The normalized spacial score (nSPS) is 11.9. The molecule has 2 aromatic rings. The van der Waals surface area contributed by atoms with Crippen LogP contribution in [0.3, 0.4) is 0 Å². The molecular weight excluding hydrogens is 308 g/mol. The lowest BCUT2D eigenvalue weighted by molar-refractivity contribution is -0.140. The fraction of sp³-hybridized carbons (Fsp3) is 0.263. The molecule has 5 nitrogen and oxygen atoms in total. The van der Waals surface area contributed by atoms with E-state index in [1.807, 2.05) is 42.5 Å². The van der Waals surface area contributed by atoms with Gasteiger partial charge in [-0.1, -0.05) is 42.5 Å². The molecule has 2 N–H and O–H groups in total. The number of ether oxygens (including phenoxy) is 1. The second-order valence-electron chi connectivity index (χ2n) is 5.62. The molecule has 0 aliphatic rings. The number of carboxylic acid groups (broad SMARTS) is 2. The molecule has 0 amide bonds. The molecule has 0 aromatic heterocycles. The van der Waals surface area contributed by atoms with Crippen molar-refractivity contribution < 1.29 is 24.5 Å². The highest BCUT2D eigenvalue weighted by atomic mass is 16.5. The fourth-order valence-electron chi connectivity index (χ4n) is 2.96. The number of benzene rings is 2. The van der Waals surface area contributed by atoms with Gasteiger partial charge in [-0.2, -0.15) is 0 Å². The molecule has 0 spiro atoms. The third-order valence-corrected chi connectivity index (χ3v) is 3.98. The molecule has 24 heavy (non-hydrogen) atoms. The Hall–Kier alpha value is -2.82. The summed E-state index contributed by atoms with van der Waals surface area (Å²) in [6, 6.07) is 16.7. The van der Waals surface area contributed by atoms with Gasteiger partial charge in [-0.05, 0) is 29.2 Å². The van der Waals surface area contributed by atoms with Gasteiger partial charge in [0.25, 0.3) is 0 Å². The van der Waals surface area contributed by atoms with Gasteiger partial charge in [-0.3, -0.25) is 9.59 Å². The van der Waals surface area contributed by atoms with Crippen LogP contribution in [0.1, 0.15) is 29.9 Å². The quantitative estimate of drug-likeness (QED) is 0.776. The first-order valence-electron chi connectivity index (χ1n) is 7.63. The number of carbonyl (C=O) groups is 2. The lowest BCUT2D eigenvalue weighted by Crippen LogP contribution is -2.21. The summed E-state index contributed by atoms with van der Waals surface area (Å²) in [4.78, 5) is 22.5. The average molecular weight is 328 g/mol. The maximum absolute atomic E-state index is 11.2. The number of methoxy groups -OCH3 is 1. The second kappa shape index (κ2) is 8.15. The van der Waals surface area contributed by atoms with E-state index in [-0.39, 0.29) is 18.8 Å². The van der Waals surface area contributed by atoms with Gasteiger partial charge >= 0.3 is 11.9 Å². The van der Waals surface area contributed by atoms with E-state index in [1.54, 1.807) is 19.2 Å². The van der Waals surface area contributed by atoms with E-state index in [9.17, 15) is 19.8 Å². The van der Waals surface area contributed by atoms with Crippen LogP contribution in [0.4, 0.5) is 0 Å². The fourth-order valence-corrected chi connectivity index (χ4v) is 2.96. The molecule has 0 unspecified atom stereocenters. The van der Waals surface area contributed by atoms with Crippen LogP contribution in [0.5, 0.6) is 5.75 Å². The Balaban J connectivity index is 2.46. The number of hydrogen-bond acceptors (Lipinski definition) is 3. The summed E-state index contributed by atoms with van der Waals surface area (Å²) < 4.78 is 5.16. The summed E-state index contributed by atoms with van der Waals surface area (Å²) >= 11 is 0. The van der Waals surface area contributed by atoms with E-state index in [4.69, 9.17) is 4.74 Å². The van der Waals surface area contributed by atoms with E-state index in [0.29, 0.717) is 5.75 Å². The van der Waals surface area contributed by atoms with Gasteiger partial charge in [-0.15, -0.1) is 0 Å². The van der Waals surface area contributed by atoms with Crippen molar-refractivity contribution in [3.8, 4) is 5.75 Å². The minimum Gasteiger partial charge on any atom is -0.497 e. The molecule has 0 bridgehead atoms. The van der Waals surface area contributed by atoms with E-state index >= 15 is 0 Å². The SMILES string of the molecule is COc1ccc([C@@H](c2ccccc2)C(CC(=O)O)CC(=O)O)cc1. The molecule has 0 heterocycles. The van der Waals surface area contributed by atoms with Gasteiger partial charge in [0.2, 0.25) is 0 Å². The Labute approximate surface area is 140 Å². The van der Waals surface area contributed by atoms with Gasteiger partial charge in [0.15, 0.2) is 0 Å². The summed E-state index contributed by atoms with van der Waals surface area (Å²) in [5.41, 5.74) is 1.77. The van der Waals surface area contributed by atoms with Crippen molar-refractivity contribution in [3.63, 3.8) is 0 Å². The first kappa shape index (κ1) is 17.5. The van der Waals surface area contributed by atoms with E-state index in [1.165, 1.54) is 0 Å². The maximum Gasteiger partial charge on any atom is 0.303 e. The summed E-state index contributed by atoms with van der Waals surface area (Å²) in [5, 5.41) is 18.4.